The van der Waals surface area contributed by atoms with E-state index in [9.17, 15) is 0 Å². The van der Waals surface area contributed by atoms with Crippen molar-refractivity contribution >= 4 is 0 Å². The number of hydrogen-bond donors (Lipinski definition) is 1. The SMILES string of the molecule is COc1ccc(CNCc2cc(C)n(-c3ccnn3C(C)C)c2C)cc1OC. The van der Waals surface area contributed by atoms with Crippen LogP contribution in [0, 0.1) is 13.8 Å². The fourth-order valence-electron chi connectivity index (χ4n) is 3.58. The summed E-state index contributed by atoms with van der Waals surface area (Å²) < 4.78 is 15.0. The van der Waals surface area contributed by atoms with Crippen LogP contribution in [0.5, 0.6) is 11.5 Å². The second-order valence-corrected chi connectivity index (χ2v) is 7.25. The molecule has 0 unspecified atom stereocenters. The van der Waals surface area contributed by atoms with E-state index < -0.39 is 0 Å². The van der Waals surface area contributed by atoms with Gasteiger partial charge in [-0.15, -0.1) is 0 Å². The molecule has 6 nitrogen and oxygen atoms in total. The molecule has 0 radical (unpaired) electrons. The summed E-state index contributed by atoms with van der Waals surface area (Å²) in [6.45, 7) is 10.2. The van der Waals surface area contributed by atoms with E-state index >= 15 is 0 Å². The first-order chi connectivity index (χ1) is 13.5. The summed E-state index contributed by atoms with van der Waals surface area (Å²) in [6, 6.07) is 10.6. The predicted octanol–water partition coefficient (Wildman–Crippen LogP) is 4.18. The van der Waals surface area contributed by atoms with Crippen LogP contribution in [-0.2, 0) is 13.1 Å². The summed E-state index contributed by atoms with van der Waals surface area (Å²) in [5.74, 6) is 2.61. The molecular weight excluding hydrogens is 352 g/mol. The van der Waals surface area contributed by atoms with Gasteiger partial charge in [-0.25, -0.2) is 4.68 Å². The molecule has 0 aliphatic heterocycles. The molecule has 6 heteroatoms. The Balaban J connectivity index is 1.73. The lowest BCUT2D eigenvalue weighted by molar-refractivity contribution is 0.354. The average Bonchev–Trinajstić information content (AvgIpc) is 3.26. The highest BCUT2D eigenvalue weighted by Gasteiger charge is 2.15. The van der Waals surface area contributed by atoms with Crippen LogP contribution in [0.15, 0.2) is 36.5 Å². The highest BCUT2D eigenvalue weighted by molar-refractivity contribution is 5.43. The molecule has 0 amide bonds. The first-order valence-electron chi connectivity index (χ1n) is 9.59. The van der Waals surface area contributed by atoms with Crippen molar-refractivity contribution in [3.63, 3.8) is 0 Å². The van der Waals surface area contributed by atoms with Crippen LogP contribution in [-0.4, -0.2) is 28.6 Å². The maximum atomic E-state index is 5.39. The van der Waals surface area contributed by atoms with Gasteiger partial charge < -0.3 is 19.4 Å². The van der Waals surface area contributed by atoms with Crippen LogP contribution in [0.3, 0.4) is 0 Å². The molecule has 2 aromatic heterocycles. The van der Waals surface area contributed by atoms with Gasteiger partial charge in [-0.1, -0.05) is 6.07 Å². The fourth-order valence-corrected chi connectivity index (χ4v) is 3.58. The number of hydrogen-bond acceptors (Lipinski definition) is 4. The third-order valence-corrected chi connectivity index (χ3v) is 5.00. The molecule has 0 saturated heterocycles. The molecular formula is C22H30N4O2. The molecule has 3 rings (SSSR count). The molecule has 1 aromatic carbocycles. The van der Waals surface area contributed by atoms with Gasteiger partial charge >= 0.3 is 0 Å². The summed E-state index contributed by atoms with van der Waals surface area (Å²) in [4.78, 5) is 0. The molecule has 2 heterocycles. The van der Waals surface area contributed by atoms with E-state index in [0.717, 1.165) is 36.0 Å². The van der Waals surface area contributed by atoms with Crippen molar-refractivity contribution in [3.8, 4) is 17.3 Å². The lowest BCUT2D eigenvalue weighted by atomic mass is 10.2. The second-order valence-electron chi connectivity index (χ2n) is 7.25. The van der Waals surface area contributed by atoms with Crippen molar-refractivity contribution in [1.82, 2.24) is 19.7 Å². The third kappa shape index (κ3) is 3.92. The van der Waals surface area contributed by atoms with Crippen molar-refractivity contribution < 1.29 is 9.47 Å². The molecule has 0 fully saturated rings. The Bertz CT molecular complexity index is 940. The molecule has 0 spiro atoms. The standard InChI is InChI=1S/C22H30N4O2/c1-15(2)26-22(9-10-24-26)25-16(3)11-19(17(25)4)14-23-13-18-7-8-20(27-5)21(12-18)28-6/h7-12,15,23H,13-14H2,1-6H3. The van der Waals surface area contributed by atoms with Crippen LogP contribution >= 0.6 is 0 Å². The Morgan fingerprint density at radius 3 is 2.43 bits per heavy atom. The van der Waals surface area contributed by atoms with E-state index in [1.807, 2.05) is 18.3 Å². The largest absolute Gasteiger partial charge is 0.493 e. The van der Waals surface area contributed by atoms with Gasteiger partial charge in [0.1, 0.15) is 5.82 Å². The van der Waals surface area contributed by atoms with Gasteiger partial charge in [0.2, 0.25) is 0 Å². The highest BCUT2D eigenvalue weighted by Crippen LogP contribution is 2.27. The van der Waals surface area contributed by atoms with Crippen molar-refractivity contribution in [2.75, 3.05) is 14.2 Å². The summed E-state index contributed by atoms with van der Waals surface area (Å²) in [6.07, 6.45) is 1.86. The number of rotatable bonds is 8. The normalized spacial score (nSPS) is 11.2. The number of ether oxygens (including phenoxy) is 2. The number of aromatic nitrogens is 3. The summed E-state index contributed by atoms with van der Waals surface area (Å²) in [7, 11) is 3.31. The molecule has 0 atom stereocenters. The van der Waals surface area contributed by atoms with E-state index in [-0.39, 0.29) is 0 Å². The van der Waals surface area contributed by atoms with Crippen LogP contribution in [0.25, 0.3) is 5.82 Å². The molecule has 0 aliphatic rings. The lowest BCUT2D eigenvalue weighted by Gasteiger charge is -2.15. The van der Waals surface area contributed by atoms with E-state index in [4.69, 9.17) is 9.47 Å². The monoisotopic (exact) mass is 382 g/mol. The van der Waals surface area contributed by atoms with Gasteiger partial charge in [0, 0.05) is 36.6 Å². The number of benzene rings is 1. The van der Waals surface area contributed by atoms with Crippen molar-refractivity contribution in [2.24, 2.45) is 0 Å². The van der Waals surface area contributed by atoms with E-state index in [1.54, 1.807) is 14.2 Å². The molecule has 1 N–H and O–H groups in total. The van der Waals surface area contributed by atoms with Crippen molar-refractivity contribution in [1.29, 1.82) is 0 Å². The van der Waals surface area contributed by atoms with Gasteiger partial charge in [0.25, 0.3) is 0 Å². The Hall–Kier alpha value is -2.73. The number of methoxy groups -OCH3 is 2. The van der Waals surface area contributed by atoms with E-state index in [2.05, 4.69) is 65.6 Å². The minimum absolute atomic E-state index is 0.317. The number of nitrogens with zero attached hydrogens (tertiary/aromatic N) is 3. The van der Waals surface area contributed by atoms with E-state index in [0.29, 0.717) is 6.04 Å². The van der Waals surface area contributed by atoms with Crippen LogP contribution in [0.2, 0.25) is 0 Å². The van der Waals surface area contributed by atoms with E-state index in [1.165, 1.54) is 17.0 Å². The van der Waals surface area contributed by atoms with Gasteiger partial charge in [-0.3, -0.25) is 0 Å². The molecule has 150 valence electrons. The smallest absolute Gasteiger partial charge is 0.161 e. The maximum Gasteiger partial charge on any atom is 0.161 e. The van der Waals surface area contributed by atoms with Crippen LogP contribution < -0.4 is 14.8 Å². The molecule has 28 heavy (non-hydrogen) atoms. The Morgan fingerprint density at radius 1 is 1.00 bits per heavy atom. The van der Waals surface area contributed by atoms with Gasteiger partial charge in [0.15, 0.2) is 11.5 Å². The third-order valence-electron chi connectivity index (χ3n) is 5.00. The van der Waals surface area contributed by atoms with Gasteiger partial charge in [-0.2, -0.15) is 5.10 Å². The Kier molecular flexibility index (Phi) is 6.09. The molecule has 0 bridgehead atoms. The first-order valence-corrected chi connectivity index (χ1v) is 9.59. The average molecular weight is 383 g/mol. The minimum atomic E-state index is 0.317. The maximum absolute atomic E-state index is 5.39. The zero-order valence-corrected chi connectivity index (χ0v) is 17.6. The van der Waals surface area contributed by atoms with Gasteiger partial charge in [0.05, 0.1) is 20.4 Å². The second kappa shape index (κ2) is 8.52. The number of aryl methyl sites for hydroxylation is 1. The summed E-state index contributed by atoms with van der Waals surface area (Å²) >= 11 is 0. The topological polar surface area (TPSA) is 53.2 Å². The number of nitrogens with one attached hydrogen (secondary N) is 1. The minimum Gasteiger partial charge on any atom is -0.493 e. The van der Waals surface area contributed by atoms with Crippen LogP contribution in [0.1, 0.15) is 42.4 Å². The van der Waals surface area contributed by atoms with Crippen molar-refractivity contribution in [3.05, 3.63) is 59.0 Å². The summed E-state index contributed by atoms with van der Waals surface area (Å²) in [5, 5.41) is 8.01. The van der Waals surface area contributed by atoms with Crippen molar-refractivity contribution in [2.45, 2.75) is 46.8 Å². The highest BCUT2D eigenvalue weighted by atomic mass is 16.5. The lowest BCUT2D eigenvalue weighted by Crippen LogP contribution is -2.14. The zero-order chi connectivity index (χ0) is 20.3. The summed E-state index contributed by atoms with van der Waals surface area (Å²) in [5.41, 5.74) is 4.89. The fraction of sp³-hybridized carbons (Fsp3) is 0.409. The molecule has 0 aliphatic carbocycles. The molecule has 0 saturated carbocycles. The molecule has 3 aromatic rings. The predicted molar refractivity (Wildman–Crippen MR) is 112 cm³/mol. The quantitative estimate of drug-likeness (QED) is 0.635. The van der Waals surface area contributed by atoms with Gasteiger partial charge in [-0.05, 0) is 57.0 Å². The Labute approximate surface area is 167 Å². The Morgan fingerprint density at radius 2 is 1.75 bits per heavy atom. The van der Waals surface area contributed by atoms with Crippen LogP contribution in [0.4, 0.5) is 0 Å². The zero-order valence-electron chi connectivity index (χ0n) is 17.6. The first kappa shape index (κ1) is 20.0.